The molecule has 0 aliphatic heterocycles. The molecule has 1 aromatic rings. The Hall–Kier alpha value is -0.890. The van der Waals surface area contributed by atoms with Crippen molar-refractivity contribution >= 4 is 0 Å². The Kier molecular flexibility index (Phi) is 4.55. The van der Waals surface area contributed by atoms with Gasteiger partial charge in [-0.25, -0.2) is 4.39 Å². The Labute approximate surface area is 103 Å². The van der Waals surface area contributed by atoms with Crippen LogP contribution in [0.15, 0.2) is 24.3 Å². The third kappa shape index (κ3) is 3.53. The molecule has 0 bridgehead atoms. The summed E-state index contributed by atoms with van der Waals surface area (Å²) in [6.07, 6.45) is 7.38. The van der Waals surface area contributed by atoms with E-state index in [0.717, 1.165) is 30.9 Å². The second kappa shape index (κ2) is 6.15. The van der Waals surface area contributed by atoms with Crippen LogP contribution in [0, 0.1) is 17.7 Å². The first-order chi connectivity index (χ1) is 8.29. The van der Waals surface area contributed by atoms with E-state index in [1.807, 2.05) is 12.1 Å². The van der Waals surface area contributed by atoms with E-state index >= 15 is 0 Å². The number of rotatable bonds is 4. The third-order valence-electron chi connectivity index (χ3n) is 3.99. The first-order valence-corrected chi connectivity index (χ1v) is 6.74. The molecule has 2 rings (SSSR count). The van der Waals surface area contributed by atoms with Crippen molar-refractivity contribution in [3.63, 3.8) is 0 Å². The molecule has 1 fully saturated rings. The van der Waals surface area contributed by atoms with E-state index in [0.29, 0.717) is 5.92 Å². The zero-order chi connectivity index (χ0) is 12.1. The summed E-state index contributed by atoms with van der Waals surface area (Å²) in [7, 11) is 0. The molecule has 0 saturated heterocycles. The van der Waals surface area contributed by atoms with Crippen molar-refractivity contribution in [2.45, 2.75) is 38.5 Å². The van der Waals surface area contributed by atoms with Crippen molar-refractivity contribution in [1.29, 1.82) is 0 Å². The minimum atomic E-state index is -0.117. The lowest BCUT2D eigenvalue weighted by atomic mass is 9.75. The quantitative estimate of drug-likeness (QED) is 0.849. The molecule has 2 heteroatoms. The van der Waals surface area contributed by atoms with Crippen LogP contribution in [0.5, 0.6) is 0 Å². The summed E-state index contributed by atoms with van der Waals surface area (Å²) in [5.41, 5.74) is 6.82. The second-order valence-electron chi connectivity index (χ2n) is 5.22. The van der Waals surface area contributed by atoms with Gasteiger partial charge in [0.2, 0.25) is 0 Å². The fourth-order valence-electron chi connectivity index (χ4n) is 3.11. The normalized spacial score (nSPS) is 24.8. The molecule has 2 N–H and O–H groups in total. The SMILES string of the molecule is NCCC1CCCCC1Cc1cccc(F)c1. The first kappa shape index (κ1) is 12.6. The van der Waals surface area contributed by atoms with Crippen LogP contribution in [-0.2, 0) is 6.42 Å². The second-order valence-corrected chi connectivity index (χ2v) is 5.22. The molecule has 0 aromatic heterocycles. The Morgan fingerprint density at radius 2 is 1.94 bits per heavy atom. The summed E-state index contributed by atoms with van der Waals surface area (Å²) in [5, 5.41) is 0. The van der Waals surface area contributed by atoms with Gasteiger partial charge >= 0.3 is 0 Å². The summed E-state index contributed by atoms with van der Waals surface area (Å²) in [4.78, 5) is 0. The molecule has 1 aliphatic carbocycles. The van der Waals surface area contributed by atoms with E-state index < -0.39 is 0 Å². The molecular formula is C15H22FN. The van der Waals surface area contributed by atoms with Crippen molar-refractivity contribution in [3.05, 3.63) is 35.6 Å². The number of halogens is 1. The van der Waals surface area contributed by atoms with Crippen LogP contribution in [0.3, 0.4) is 0 Å². The average molecular weight is 235 g/mol. The van der Waals surface area contributed by atoms with Gasteiger partial charge in [0.25, 0.3) is 0 Å². The minimum Gasteiger partial charge on any atom is -0.330 e. The van der Waals surface area contributed by atoms with Gasteiger partial charge in [0.1, 0.15) is 5.82 Å². The molecular weight excluding hydrogens is 213 g/mol. The summed E-state index contributed by atoms with van der Waals surface area (Å²) < 4.78 is 13.1. The van der Waals surface area contributed by atoms with E-state index in [1.165, 1.54) is 31.7 Å². The van der Waals surface area contributed by atoms with E-state index in [9.17, 15) is 4.39 Å². The van der Waals surface area contributed by atoms with E-state index in [-0.39, 0.29) is 5.82 Å². The predicted octanol–water partition coefficient (Wildman–Crippen LogP) is 3.52. The van der Waals surface area contributed by atoms with Crippen molar-refractivity contribution in [1.82, 2.24) is 0 Å². The van der Waals surface area contributed by atoms with Gasteiger partial charge in [-0.3, -0.25) is 0 Å². The van der Waals surface area contributed by atoms with Crippen molar-refractivity contribution < 1.29 is 4.39 Å². The minimum absolute atomic E-state index is 0.117. The number of nitrogens with two attached hydrogens (primary N) is 1. The maximum Gasteiger partial charge on any atom is 0.123 e. The molecule has 1 aliphatic rings. The summed E-state index contributed by atoms with van der Waals surface area (Å²) in [6, 6.07) is 7.04. The van der Waals surface area contributed by atoms with E-state index in [2.05, 4.69) is 0 Å². The highest BCUT2D eigenvalue weighted by Gasteiger charge is 2.24. The lowest BCUT2D eigenvalue weighted by molar-refractivity contribution is 0.225. The maximum absolute atomic E-state index is 13.1. The largest absolute Gasteiger partial charge is 0.330 e. The zero-order valence-corrected chi connectivity index (χ0v) is 10.4. The molecule has 0 radical (unpaired) electrons. The first-order valence-electron chi connectivity index (χ1n) is 6.74. The van der Waals surface area contributed by atoms with Crippen LogP contribution >= 0.6 is 0 Å². The van der Waals surface area contributed by atoms with Crippen molar-refractivity contribution in [2.24, 2.45) is 17.6 Å². The Morgan fingerprint density at radius 3 is 2.65 bits per heavy atom. The lowest BCUT2D eigenvalue weighted by Gasteiger charge is -2.31. The molecule has 0 heterocycles. The van der Waals surface area contributed by atoms with Crippen molar-refractivity contribution in [3.8, 4) is 0 Å². The van der Waals surface area contributed by atoms with Gasteiger partial charge in [0.05, 0.1) is 0 Å². The smallest absolute Gasteiger partial charge is 0.123 e. The fraction of sp³-hybridized carbons (Fsp3) is 0.600. The van der Waals surface area contributed by atoms with Gasteiger partial charge in [-0.15, -0.1) is 0 Å². The standard InChI is InChI=1S/C15H22FN/c16-15-7-3-4-12(11-15)10-14-6-2-1-5-13(14)8-9-17/h3-4,7,11,13-14H,1-2,5-6,8-10,17H2. The van der Waals surface area contributed by atoms with Crippen LogP contribution in [0.2, 0.25) is 0 Å². The molecule has 1 saturated carbocycles. The van der Waals surface area contributed by atoms with E-state index in [4.69, 9.17) is 5.73 Å². The number of hydrogen-bond donors (Lipinski definition) is 1. The third-order valence-corrected chi connectivity index (χ3v) is 3.99. The number of hydrogen-bond acceptors (Lipinski definition) is 1. The highest BCUT2D eigenvalue weighted by Crippen LogP contribution is 2.34. The maximum atomic E-state index is 13.1. The Morgan fingerprint density at radius 1 is 1.18 bits per heavy atom. The van der Waals surface area contributed by atoms with E-state index in [1.54, 1.807) is 6.07 Å². The lowest BCUT2D eigenvalue weighted by Crippen LogP contribution is -2.24. The molecule has 0 amide bonds. The fourth-order valence-corrected chi connectivity index (χ4v) is 3.11. The van der Waals surface area contributed by atoms with Crippen LogP contribution < -0.4 is 5.73 Å². The summed E-state index contributed by atoms with van der Waals surface area (Å²) in [6.45, 7) is 0.782. The molecule has 1 aromatic carbocycles. The number of benzene rings is 1. The molecule has 1 nitrogen and oxygen atoms in total. The molecule has 2 atom stereocenters. The van der Waals surface area contributed by atoms with Crippen LogP contribution in [-0.4, -0.2) is 6.54 Å². The molecule has 94 valence electrons. The van der Waals surface area contributed by atoms with Crippen LogP contribution in [0.25, 0.3) is 0 Å². The average Bonchev–Trinajstić information content (AvgIpc) is 2.32. The highest BCUT2D eigenvalue weighted by molar-refractivity contribution is 5.17. The van der Waals surface area contributed by atoms with Gasteiger partial charge in [0, 0.05) is 0 Å². The zero-order valence-electron chi connectivity index (χ0n) is 10.4. The Bertz CT molecular complexity index is 349. The van der Waals surface area contributed by atoms with Gasteiger partial charge in [-0.1, -0.05) is 31.4 Å². The molecule has 0 spiro atoms. The van der Waals surface area contributed by atoms with Gasteiger partial charge in [0.15, 0.2) is 0 Å². The van der Waals surface area contributed by atoms with Gasteiger partial charge < -0.3 is 5.73 Å². The van der Waals surface area contributed by atoms with Gasteiger partial charge in [-0.2, -0.15) is 0 Å². The highest BCUT2D eigenvalue weighted by atomic mass is 19.1. The monoisotopic (exact) mass is 235 g/mol. The summed E-state index contributed by atoms with van der Waals surface area (Å²) >= 11 is 0. The topological polar surface area (TPSA) is 26.0 Å². The van der Waals surface area contributed by atoms with Crippen molar-refractivity contribution in [2.75, 3.05) is 6.54 Å². The molecule has 17 heavy (non-hydrogen) atoms. The van der Waals surface area contributed by atoms with Crippen LogP contribution in [0.4, 0.5) is 4.39 Å². The predicted molar refractivity (Wildman–Crippen MR) is 69.2 cm³/mol. The summed E-state index contributed by atoms with van der Waals surface area (Å²) in [5.74, 6) is 1.33. The molecule has 2 unspecified atom stereocenters. The van der Waals surface area contributed by atoms with Crippen LogP contribution in [0.1, 0.15) is 37.7 Å². The van der Waals surface area contributed by atoms with Gasteiger partial charge in [-0.05, 0) is 55.3 Å². The Balaban J connectivity index is 2.00.